The Bertz CT molecular complexity index is 493. The van der Waals surface area contributed by atoms with Crippen molar-refractivity contribution in [3.05, 3.63) is 42.5 Å². The number of carbonyl (C=O) groups is 1. The van der Waals surface area contributed by atoms with Crippen LogP contribution in [0.25, 0.3) is 0 Å². The first-order valence-corrected chi connectivity index (χ1v) is 7.85. The number of aryl methyl sites for hydroxylation is 1. The standard InChI is InChI=1S/C18H25NO3/c1-3-12-21-13-16-8-10-19(11-9-16)18(20)14-22-17-7-5-4-6-15(17)2/h3-7,16H,1,8-14H2,2H3. The summed E-state index contributed by atoms with van der Waals surface area (Å²) >= 11 is 0. The van der Waals surface area contributed by atoms with Crippen LogP contribution in [0.2, 0.25) is 0 Å². The maximum absolute atomic E-state index is 12.2. The smallest absolute Gasteiger partial charge is 0.260 e. The van der Waals surface area contributed by atoms with Gasteiger partial charge in [-0.15, -0.1) is 6.58 Å². The lowest BCUT2D eigenvalue weighted by Gasteiger charge is -2.31. The van der Waals surface area contributed by atoms with Gasteiger partial charge in [0.15, 0.2) is 6.61 Å². The Labute approximate surface area is 132 Å². The molecule has 0 spiro atoms. The second kappa shape index (κ2) is 8.59. The van der Waals surface area contributed by atoms with Gasteiger partial charge in [-0.3, -0.25) is 4.79 Å². The van der Waals surface area contributed by atoms with E-state index < -0.39 is 0 Å². The highest BCUT2D eigenvalue weighted by Crippen LogP contribution is 2.19. The molecule has 1 heterocycles. The van der Waals surface area contributed by atoms with E-state index in [0.717, 1.165) is 43.9 Å². The van der Waals surface area contributed by atoms with Gasteiger partial charge in [-0.25, -0.2) is 0 Å². The van der Waals surface area contributed by atoms with Gasteiger partial charge in [0.25, 0.3) is 5.91 Å². The van der Waals surface area contributed by atoms with Crippen molar-refractivity contribution in [1.29, 1.82) is 0 Å². The summed E-state index contributed by atoms with van der Waals surface area (Å²) in [4.78, 5) is 14.1. The van der Waals surface area contributed by atoms with E-state index in [9.17, 15) is 4.79 Å². The summed E-state index contributed by atoms with van der Waals surface area (Å²) in [5.41, 5.74) is 1.05. The first-order chi connectivity index (χ1) is 10.7. The van der Waals surface area contributed by atoms with Gasteiger partial charge in [0.1, 0.15) is 5.75 Å². The minimum atomic E-state index is 0.0636. The molecule has 0 bridgehead atoms. The van der Waals surface area contributed by atoms with Gasteiger partial charge in [0.2, 0.25) is 0 Å². The van der Waals surface area contributed by atoms with E-state index in [0.29, 0.717) is 12.5 Å². The highest BCUT2D eigenvalue weighted by molar-refractivity contribution is 5.77. The van der Waals surface area contributed by atoms with Crippen molar-refractivity contribution in [3.8, 4) is 5.75 Å². The number of carbonyl (C=O) groups excluding carboxylic acids is 1. The van der Waals surface area contributed by atoms with Crippen molar-refractivity contribution < 1.29 is 14.3 Å². The Morgan fingerprint density at radius 2 is 2.09 bits per heavy atom. The Kier molecular flexibility index (Phi) is 6.46. The normalized spacial score (nSPS) is 15.6. The third kappa shape index (κ3) is 4.88. The average Bonchev–Trinajstić information content (AvgIpc) is 2.55. The maximum Gasteiger partial charge on any atom is 0.260 e. The summed E-state index contributed by atoms with van der Waals surface area (Å²) in [6, 6.07) is 7.76. The van der Waals surface area contributed by atoms with Crippen molar-refractivity contribution in [2.75, 3.05) is 32.9 Å². The van der Waals surface area contributed by atoms with Gasteiger partial charge in [-0.05, 0) is 37.3 Å². The van der Waals surface area contributed by atoms with Crippen LogP contribution in [-0.4, -0.2) is 43.7 Å². The zero-order valence-electron chi connectivity index (χ0n) is 13.3. The number of nitrogens with zero attached hydrogens (tertiary/aromatic N) is 1. The first kappa shape index (κ1) is 16.6. The Morgan fingerprint density at radius 3 is 2.77 bits per heavy atom. The molecule has 1 amide bonds. The van der Waals surface area contributed by atoms with Crippen LogP contribution < -0.4 is 4.74 Å². The minimum absolute atomic E-state index is 0.0636. The summed E-state index contributed by atoms with van der Waals surface area (Å²) in [6.45, 7) is 8.67. The number of para-hydroxylation sites is 1. The lowest BCUT2D eigenvalue weighted by molar-refractivity contribution is -0.135. The number of likely N-dealkylation sites (tertiary alicyclic amines) is 1. The van der Waals surface area contributed by atoms with Crippen LogP contribution in [-0.2, 0) is 9.53 Å². The quantitative estimate of drug-likeness (QED) is 0.574. The summed E-state index contributed by atoms with van der Waals surface area (Å²) in [6.07, 6.45) is 3.75. The number of amides is 1. The SMILES string of the molecule is C=CCOCC1CCN(C(=O)COc2ccccc2C)CC1. The summed E-state index contributed by atoms with van der Waals surface area (Å²) in [5, 5.41) is 0. The first-order valence-electron chi connectivity index (χ1n) is 7.85. The van der Waals surface area contributed by atoms with Gasteiger partial charge in [-0.2, -0.15) is 0 Å². The molecule has 22 heavy (non-hydrogen) atoms. The topological polar surface area (TPSA) is 38.8 Å². The fourth-order valence-corrected chi connectivity index (χ4v) is 2.62. The Hall–Kier alpha value is -1.81. The van der Waals surface area contributed by atoms with Crippen LogP contribution >= 0.6 is 0 Å². The number of hydrogen-bond donors (Lipinski definition) is 0. The molecule has 2 rings (SSSR count). The van der Waals surface area contributed by atoms with Crippen molar-refractivity contribution in [2.24, 2.45) is 5.92 Å². The lowest BCUT2D eigenvalue weighted by Crippen LogP contribution is -2.41. The van der Waals surface area contributed by atoms with Crippen LogP contribution in [0.1, 0.15) is 18.4 Å². The number of piperidine rings is 1. The molecule has 4 nitrogen and oxygen atoms in total. The van der Waals surface area contributed by atoms with Gasteiger partial charge in [0.05, 0.1) is 6.61 Å². The van der Waals surface area contributed by atoms with E-state index >= 15 is 0 Å². The number of benzene rings is 1. The van der Waals surface area contributed by atoms with E-state index in [4.69, 9.17) is 9.47 Å². The van der Waals surface area contributed by atoms with Crippen molar-refractivity contribution in [3.63, 3.8) is 0 Å². The molecule has 0 atom stereocenters. The molecular weight excluding hydrogens is 278 g/mol. The fourth-order valence-electron chi connectivity index (χ4n) is 2.62. The average molecular weight is 303 g/mol. The zero-order chi connectivity index (χ0) is 15.8. The van der Waals surface area contributed by atoms with Crippen LogP contribution in [0, 0.1) is 12.8 Å². The molecule has 4 heteroatoms. The van der Waals surface area contributed by atoms with E-state index in [1.165, 1.54) is 0 Å². The third-order valence-electron chi connectivity index (χ3n) is 4.00. The highest BCUT2D eigenvalue weighted by atomic mass is 16.5. The summed E-state index contributed by atoms with van der Waals surface area (Å²) in [5.74, 6) is 1.39. The zero-order valence-corrected chi connectivity index (χ0v) is 13.3. The van der Waals surface area contributed by atoms with Crippen molar-refractivity contribution >= 4 is 5.91 Å². The predicted octanol–water partition coefficient (Wildman–Crippen LogP) is 2.82. The third-order valence-corrected chi connectivity index (χ3v) is 4.00. The van der Waals surface area contributed by atoms with Crippen LogP contribution in [0.3, 0.4) is 0 Å². The van der Waals surface area contributed by atoms with Crippen LogP contribution in [0.4, 0.5) is 0 Å². The molecule has 1 aromatic rings. The molecule has 1 fully saturated rings. The largest absolute Gasteiger partial charge is 0.484 e. The van der Waals surface area contributed by atoms with Gasteiger partial charge >= 0.3 is 0 Å². The molecule has 0 saturated carbocycles. The molecule has 0 aromatic heterocycles. The monoisotopic (exact) mass is 303 g/mol. The molecule has 0 aliphatic carbocycles. The molecule has 0 unspecified atom stereocenters. The van der Waals surface area contributed by atoms with Gasteiger partial charge in [0, 0.05) is 19.7 Å². The maximum atomic E-state index is 12.2. The second-order valence-corrected chi connectivity index (χ2v) is 5.70. The van der Waals surface area contributed by atoms with E-state index in [1.807, 2.05) is 36.1 Å². The molecule has 1 saturated heterocycles. The molecule has 120 valence electrons. The summed E-state index contributed by atoms with van der Waals surface area (Å²) in [7, 11) is 0. The highest BCUT2D eigenvalue weighted by Gasteiger charge is 2.23. The minimum Gasteiger partial charge on any atom is -0.484 e. The predicted molar refractivity (Wildman–Crippen MR) is 87.0 cm³/mol. The molecule has 1 aliphatic heterocycles. The van der Waals surface area contributed by atoms with Gasteiger partial charge in [-0.1, -0.05) is 24.3 Å². The lowest BCUT2D eigenvalue weighted by atomic mass is 9.98. The van der Waals surface area contributed by atoms with E-state index in [-0.39, 0.29) is 12.5 Å². The van der Waals surface area contributed by atoms with E-state index in [1.54, 1.807) is 6.08 Å². The number of rotatable bonds is 7. The van der Waals surface area contributed by atoms with E-state index in [2.05, 4.69) is 6.58 Å². The van der Waals surface area contributed by atoms with Crippen molar-refractivity contribution in [1.82, 2.24) is 4.90 Å². The fraction of sp³-hybridized carbons (Fsp3) is 0.500. The molecule has 0 radical (unpaired) electrons. The molecule has 0 N–H and O–H groups in total. The Balaban J connectivity index is 1.71. The Morgan fingerprint density at radius 1 is 1.36 bits per heavy atom. The molecule has 1 aliphatic rings. The van der Waals surface area contributed by atoms with Crippen LogP contribution in [0.15, 0.2) is 36.9 Å². The van der Waals surface area contributed by atoms with Crippen molar-refractivity contribution in [2.45, 2.75) is 19.8 Å². The van der Waals surface area contributed by atoms with Gasteiger partial charge < -0.3 is 14.4 Å². The molecule has 1 aromatic carbocycles. The molecular formula is C18H25NO3. The summed E-state index contributed by atoms with van der Waals surface area (Å²) < 4.78 is 11.1. The number of ether oxygens (including phenoxy) is 2. The van der Waals surface area contributed by atoms with Crippen LogP contribution in [0.5, 0.6) is 5.75 Å². The second-order valence-electron chi connectivity index (χ2n) is 5.70. The number of hydrogen-bond acceptors (Lipinski definition) is 3.